The van der Waals surface area contributed by atoms with E-state index in [0.29, 0.717) is 26.6 Å². The highest BCUT2D eigenvalue weighted by molar-refractivity contribution is 7.15. The van der Waals surface area contributed by atoms with Gasteiger partial charge in [0.2, 0.25) is 0 Å². The molecule has 1 aliphatic rings. The Bertz CT molecular complexity index is 909. The molecule has 1 unspecified atom stereocenters. The molecular weight excluding hydrogens is 380 g/mol. The summed E-state index contributed by atoms with van der Waals surface area (Å²) < 4.78 is 10.3. The van der Waals surface area contributed by atoms with Gasteiger partial charge in [-0.25, -0.2) is 4.79 Å². The van der Waals surface area contributed by atoms with E-state index in [4.69, 9.17) is 9.47 Å². The molecule has 0 fully saturated rings. The van der Waals surface area contributed by atoms with E-state index in [2.05, 4.69) is 10.6 Å². The molecule has 3 rings (SSSR count). The van der Waals surface area contributed by atoms with E-state index in [1.54, 1.807) is 32.9 Å². The average molecular weight is 402 g/mol. The van der Waals surface area contributed by atoms with Crippen LogP contribution in [0.25, 0.3) is 0 Å². The van der Waals surface area contributed by atoms with Crippen molar-refractivity contribution in [2.24, 2.45) is 0 Å². The molecule has 0 spiro atoms. The fourth-order valence-electron chi connectivity index (χ4n) is 3.26. The van der Waals surface area contributed by atoms with Crippen molar-refractivity contribution < 1.29 is 23.9 Å². The molecule has 0 radical (unpaired) electrons. The van der Waals surface area contributed by atoms with Crippen LogP contribution in [-0.4, -0.2) is 31.1 Å². The molecule has 1 amide bonds. The summed E-state index contributed by atoms with van der Waals surface area (Å²) in [5.74, 6) is -1.32. The second kappa shape index (κ2) is 8.02. The van der Waals surface area contributed by atoms with Gasteiger partial charge in [-0.1, -0.05) is 30.3 Å². The number of rotatable bonds is 6. The molecule has 0 bridgehead atoms. The Morgan fingerprint density at radius 3 is 2.39 bits per heavy atom. The van der Waals surface area contributed by atoms with Crippen LogP contribution in [-0.2, 0) is 19.9 Å². The maximum absolute atomic E-state index is 13.0. The van der Waals surface area contributed by atoms with Crippen molar-refractivity contribution in [1.29, 1.82) is 0 Å². The number of fused-ring (bicyclic) bond motifs is 1. The summed E-state index contributed by atoms with van der Waals surface area (Å²) in [7, 11) is 0. The molecular formula is C20H22N2O5S. The Morgan fingerprint density at radius 2 is 1.75 bits per heavy atom. The van der Waals surface area contributed by atoms with E-state index >= 15 is 0 Å². The number of carbonyl (C=O) groups is 3. The molecule has 0 saturated heterocycles. The summed E-state index contributed by atoms with van der Waals surface area (Å²) in [4.78, 5) is 38.8. The van der Waals surface area contributed by atoms with Gasteiger partial charge >= 0.3 is 11.9 Å². The first-order valence-electron chi connectivity index (χ1n) is 9.04. The average Bonchev–Trinajstić information content (AvgIpc) is 2.99. The Balaban J connectivity index is 2.11. The number of aryl methyl sites for hydroxylation is 1. The van der Waals surface area contributed by atoms with E-state index < -0.39 is 17.6 Å². The lowest BCUT2D eigenvalue weighted by Gasteiger charge is -2.39. The van der Waals surface area contributed by atoms with Crippen LogP contribution in [0.3, 0.4) is 0 Å². The van der Waals surface area contributed by atoms with Crippen molar-refractivity contribution in [2.45, 2.75) is 32.9 Å². The van der Waals surface area contributed by atoms with Gasteiger partial charge in [-0.2, -0.15) is 0 Å². The van der Waals surface area contributed by atoms with Gasteiger partial charge in [0, 0.05) is 4.88 Å². The number of ether oxygens (including phenoxy) is 2. The van der Waals surface area contributed by atoms with Gasteiger partial charge in [0.05, 0.1) is 30.9 Å². The van der Waals surface area contributed by atoms with Crippen molar-refractivity contribution in [3.05, 3.63) is 51.2 Å². The first-order chi connectivity index (χ1) is 13.4. The summed E-state index contributed by atoms with van der Waals surface area (Å²) in [5, 5.41) is 6.17. The molecule has 2 N–H and O–H groups in total. The van der Waals surface area contributed by atoms with Crippen molar-refractivity contribution >= 4 is 34.9 Å². The molecule has 1 atom stereocenters. The van der Waals surface area contributed by atoms with E-state index in [9.17, 15) is 14.4 Å². The van der Waals surface area contributed by atoms with Crippen molar-refractivity contribution in [2.75, 3.05) is 18.5 Å². The minimum atomic E-state index is -1.23. The molecule has 1 aliphatic heterocycles. The van der Waals surface area contributed by atoms with Crippen molar-refractivity contribution in [1.82, 2.24) is 5.32 Å². The molecule has 28 heavy (non-hydrogen) atoms. The third kappa shape index (κ3) is 3.60. The molecule has 0 saturated carbocycles. The van der Waals surface area contributed by atoms with Gasteiger partial charge in [-0.05, 0) is 26.3 Å². The largest absolute Gasteiger partial charge is 0.466 e. The topological polar surface area (TPSA) is 93.7 Å². The summed E-state index contributed by atoms with van der Waals surface area (Å²) in [6.07, 6.45) is -0.132. The maximum Gasteiger partial charge on any atom is 0.350 e. The summed E-state index contributed by atoms with van der Waals surface area (Å²) >= 11 is 1.19. The van der Waals surface area contributed by atoms with Crippen LogP contribution in [0, 0.1) is 6.92 Å². The molecule has 1 aromatic heterocycles. The lowest BCUT2D eigenvalue weighted by atomic mass is 9.91. The van der Waals surface area contributed by atoms with Crippen LogP contribution in [0.15, 0.2) is 30.3 Å². The third-order valence-electron chi connectivity index (χ3n) is 4.42. The van der Waals surface area contributed by atoms with Gasteiger partial charge in [0.25, 0.3) is 5.91 Å². The molecule has 2 heterocycles. The fraction of sp³-hybridized carbons (Fsp3) is 0.350. The highest BCUT2D eigenvalue weighted by Gasteiger charge is 2.44. The zero-order valence-electron chi connectivity index (χ0n) is 16.0. The second-order valence-electron chi connectivity index (χ2n) is 6.29. The maximum atomic E-state index is 13.0. The number of nitrogens with one attached hydrogen (secondary N) is 2. The Kier molecular flexibility index (Phi) is 5.69. The van der Waals surface area contributed by atoms with Crippen molar-refractivity contribution in [3.63, 3.8) is 0 Å². The molecule has 0 aliphatic carbocycles. The predicted octanol–water partition coefficient (Wildman–Crippen LogP) is 3.19. The van der Waals surface area contributed by atoms with Crippen LogP contribution < -0.4 is 10.6 Å². The molecule has 148 valence electrons. The summed E-state index contributed by atoms with van der Waals surface area (Å²) in [6, 6.07) is 9.09. The van der Waals surface area contributed by atoms with Crippen LogP contribution in [0.2, 0.25) is 0 Å². The number of esters is 2. The van der Waals surface area contributed by atoms with Gasteiger partial charge < -0.3 is 20.1 Å². The van der Waals surface area contributed by atoms with E-state index in [-0.39, 0.29) is 25.5 Å². The first kappa shape index (κ1) is 19.9. The number of benzene rings is 1. The standard InChI is InChI=1S/C20H22N2O5S/c1-4-26-14(23)11-20(13-9-7-6-8-10-13)21-16-15(18(24)22-20)12(3)28-17(16)19(25)27-5-2/h6-10,21H,4-5,11H2,1-3H3,(H,22,24). The molecule has 2 aromatic rings. The minimum Gasteiger partial charge on any atom is -0.466 e. The number of anilines is 1. The fourth-order valence-corrected chi connectivity index (χ4v) is 4.27. The summed E-state index contributed by atoms with van der Waals surface area (Å²) in [6.45, 7) is 5.67. The quantitative estimate of drug-likeness (QED) is 0.721. The number of thiophene rings is 1. The van der Waals surface area contributed by atoms with Gasteiger partial charge in [0.15, 0.2) is 0 Å². The SMILES string of the molecule is CCOC(=O)CC1(c2ccccc2)NC(=O)c2c(C)sc(C(=O)OCC)c2N1. The minimum absolute atomic E-state index is 0.132. The zero-order valence-corrected chi connectivity index (χ0v) is 16.8. The molecule has 1 aromatic carbocycles. The monoisotopic (exact) mass is 402 g/mol. The van der Waals surface area contributed by atoms with Crippen LogP contribution in [0.4, 0.5) is 5.69 Å². The van der Waals surface area contributed by atoms with E-state index in [1.165, 1.54) is 11.3 Å². The Hall–Kier alpha value is -2.87. The normalized spacial score (nSPS) is 17.9. The molecule has 7 nitrogen and oxygen atoms in total. The first-order valence-corrected chi connectivity index (χ1v) is 9.85. The van der Waals surface area contributed by atoms with Crippen LogP contribution in [0.5, 0.6) is 0 Å². The highest BCUT2D eigenvalue weighted by atomic mass is 32.1. The second-order valence-corrected chi connectivity index (χ2v) is 7.51. The Morgan fingerprint density at radius 1 is 1.07 bits per heavy atom. The van der Waals surface area contributed by atoms with Crippen molar-refractivity contribution in [3.8, 4) is 0 Å². The number of carbonyl (C=O) groups excluding carboxylic acids is 3. The zero-order chi connectivity index (χ0) is 20.3. The smallest absolute Gasteiger partial charge is 0.350 e. The molecule has 8 heteroatoms. The van der Waals surface area contributed by atoms with E-state index in [1.807, 2.05) is 18.2 Å². The van der Waals surface area contributed by atoms with Gasteiger partial charge in [0.1, 0.15) is 10.5 Å². The number of hydrogen-bond acceptors (Lipinski definition) is 7. The third-order valence-corrected chi connectivity index (χ3v) is 5.50. The van der Waals surface area contributed by atoms with Gasteiger partial charge in [-0.15, -0.1) is 11.3 Å². The predicted molar refractivity (Wildman–Crippen MR) is 105 cm³/mol. The number of hydrogen-bond donors (Lipinski definition) is 2. The van der Waals surface area contributed by atoms with Crippen LogP contribution in [0.1, 0.15) is 50.7 Å². The Labute approximate surface area is 167 Å². The van der Waals surface area contributed by atoms with E-state index in [0.717, 1.165) is 0 Å². The summed E-state index contributed by atoms with van der Waals surface area (Å²) in [5.41, 5.74) is 0.230. The van der Waals surface area contributed by atoms with Crippen LogP contribution >= 0.6 is 11.3 Å². The van der Waals surface area contributed by atoms with Gasteiger partial charge in [-0.3, -0.25) is 9.59 Å². The number of amides is 1. The lowest BCUT2D eigenvalue weighted by molar-refractivity contribution is -0.144. The lowest BCUT2D eigenvalue weighted by Crippen LogP contribution is -2.56. The highest BCUT2D eigenvalue weighted by Crippen LogP contribution is 2.41.